The molecule has 2 aliphatic heterocycles. The zero-order chi connectivity index (χ0) is 20.9. The molecule has 2 N–H and O–H groups in total. The summed E-state index contributed by atoms with van der Waals surface area (Å²) in [6.07, 6.45) is 3.92. The van der Waals surface area contributed by atoms with Crippen molar-refractivity contribution < 1.29 is 9.90 Å². The van der Waals surface area contributed by atoms with Gasteiger partial charge < -0.3 is 19.9 Å². The number of carbonyl (C=O) groups is 1. The van der Waals surface area contributed by atoms with Crippen LogP contribution in [0.4, 0.5) is 0 Å². The third kappa shape index (κ3) is 3.52. The predicted octanol–water partition coefficient (Wildman–Crippen LogP) is 3.80. The van der Waals surface area contributed by atoms with Crippen molar-refractivity contribution in [2.24, 2.45) is 0 Å². The summed E-state index contributed by atoms with van der Waals surface area (Å²) in [5.74, 6) is -1.24. The Morgan fingerprint density at radius 2 is 1.38 bits per heavy atom. The smallest absolute Gasteiger partial charge is 0.545 e. The van der Waals surface area contributed by atoms with Gasteiger partial charge in [-0.25, -0.2) is 9.97 Å². The monoisotopic (exact) mass is 523 g/mol. The van der Waals surface area contributed by atoms with Crippen molar-refractivity contribution in [2.75, 3.05) is 0 Å². The maximum Gasteiger partial charge on any atom is 4.00 e. The van der Waals surface area contributed by atoms with Crippen molar-refractivity contribution in [1.82, 2.24) is 19.9 Å². The Hall–Kier alpha value is -3.65. The normalized spacial score (nSPS) is 11.6. The number of H-pyrrole nitrogens is 2. The van der Waals surface area contributed by atoms with Crippen molar-refractivity contribution in [3.63, 3.8) is 0 Å². The molecule has 8 bridgehead atoms. The van der Waals surface area contributed by atoms with Crippen molar-refractivity contribution in [1.29, 1.82) is 0 Å². The Bertz CT molecular complexity index is 1580. The van der Waals surface area contributed by atoms with E-state index in [1.807, 2.05) is 66.7 Å². The van der Waals surface area contributed by atoms with Gasteiger partial charge in [0, 0.05) is 38.8 Å². The minimum absolute atomic E-state index is 0. The third-order valence-corrected chi connectivity index (χ3v) is 5.40. The summed E-state index contributed by atoms with van der Waals surface area (Å²) >= 11 is 0. The van der Waals surface area contributed by atoms with Crippen LogP contribution in [0.15, 0.2) is 66.7 Å². The van der Waals surface area contributed by atoms with Gasteiger partial charge in [0.15, 0.2) is 0 Å². The number of carboxylic acid groups (broad SMARTS) is 1. The first-order chi connectivity index (χ1) is 15.1. The SMILES string of the molecule is O=C([O-])c1cc2cc3ccc(cc4nc(cc5nc(cc1[nH]2)-c1ccccc1-5)C=C4)[nH]3.[Sn+4]. The summed E-state index contributed by atoms with van der Waals surface area (Å²) in [4.78, 5) is 27.7. The standard InChI is InChI=1S/C25H16N4O2.Sn/c30-25(31)21-11-18-10-16-6-5-14(26-16)9-15-7-8-17(27-15)12-22-19-3-1-2-4-20(19)23(29-22)13-24(21)28-18;/h1-13,26,28H,(H,30,31);/q;+4/p-1. The molecule has 5 heterocycles. The molecule has 32 heavy (non-hydrogen) atoms. The van der Waals surface area contributed by atoms with E-state index in [-0.39, 0.29) is 29.5 Å². The van der Waals surface area contributed by atoms with Crippen molar-refractivity contribution in [3.05, 3.63) is 83.7 Å². The van der Waals surface area contributed by atoms with Crippen molar-refractivity contribution >= 4 is 64.1 Å². The van der Waals surface area contributed by atoms with Crippen LogP contribution in [-0.4, -0.2) is 49.8 Å². The summed E-state index contributed by atoms with van der Waals surface area (Å²) in [7, 11) is 0. The van der Waals surface area contributed by atoms with E-state index in [0.717, 1.165) is 39.2 Å². The molecule has 6 rings (SSSR count). The Kier molecular flexibility index (Phi) is 4.94. The Labute approximate surface area is 199 Å². The summed E-state index contributed by atoms with van der Waals surface area (Å²) in [6, 6.07) is 20.9. The molecular weight excluding hydrogens is 507 g/mol. The quantitative estimate of drug-likeness (QED) is 0.321. The number of benzene rings is 1. The van der Waals surface area contributed by atoms with Crippen LogP contribution >= 0.6 is 0 Å². The van der Waals surface area contributed by atoms with Gasteiger partial charge in [0.1, 0.15) is 0 Å². The molecule has 0 amide bonds. The van der Waals surface area contributed by atoms with E-state index in [1.165, 1.54) is 0 Å². The Balaban J connectivity index is 0.00000216. The van der Waals surface area contributed by atoms with Crippen molar-refractivity contribution in [2.45, 2.75) is 0 Å². The largest absolute Gasteiger partial charge is 4.00 e. The maximum atomic E-state index is 11.8. The average Bonchev–Trinajstić information content (AvgIpc) is 3.52. The van der Waals surface area contributed by atoms with Crippen molar-refractivity contribution in [3.8, 4) is 22.5 Å². The fraction of sp³-hybridized carbons (Fsp3) is 0. The fourth-order valence-corrected chi connectivity index (χ4v) is 4.01. The molecule has 1 aromatic carbocycles. The van der Waals surface area contributed by atoms with Crippen LogP contribution in [0.25, 0.3) is 56.7 Å². The molecule has 0 atom stereocenters. The van der Waals surface area contributed by atoms with Gasteiger partial charge in [-0.05, 0) is 54.6 Å². The summed E-state index contributed by atoms with van der Waals surface area (Å²) in [5, 5.41) is 11.8. The van der Waals surface area contributed by atoms with E-state index in [1.54, 1.807) is 12.1 Å². The van der Waals surface area contributed by atoms with Gasteiger partial charge in [-0.3, -0.25) is 0 Å². The minimum atomic E-state index is -1.24. The molecule has 0 fully saturated rings. The average molecular weight is 522 g/mol. The molecule has 6 nitrogen and oxygen atoms in total. The van der Waals surface area contributed by atoms with Crippen LogP contribution in [0.5, 0.6) is 0 Å². The van der Waals surface area contributed by atoms with E-state index in [9.17, 15) is 9.90 Å². The van der Waals surface area contributed by atoms with E-state index in [0.29, 0.717) is 16.7 Å². The first-order valence-electron chi connectivity index (χ1n) is 9.84. The van der Waals surface area contributed by atoms with Crippen LogP contribution in [0.3, 0.4) is 0 Å². The van der Waals surface area contributed by atoms with Gasteiger partial charge in [-0.1, -0.05) is 24.3 Å². The fourth-order valence-electron chi connectivity index (χ4n) is 4.01. The number of aromatic carboxylic acids is 1. The second kappa shape index (κ2) is 7.80. The zero-order valence-electron chi connectivity index (χ0n) is 16.7. The van der Waals surface area contributed by atoms with Crippen LogP contribution in [0.1, 0.15) is 21.7 Å². The minimum Gasteiger partial charge on any atom is -0.545 e. The molecule has 0 radical (unpaired) electrons. The molecule has 148 valence electrons. The molecule has 0 aliphatic carbocycles. The number of rotatable bonds is 1. The van der Waals surface area contributed by atoms with Gasteiger partial charge >= 0.3 is 23.9 Å². The third-order valence-electron chi connectivity index (χ3n) is 5.40. The first kappa shape index (κ1) is 20.3. The first-order valence-corrected chi connectivity index (χ1v) is 9.84. The summed E-state index contributed by atoms with van der Waals surface area (Å²) in [5.41, 5.74) is 7.98. The molecule has 0 spiro atoms. The maximum absolute atomic E-state index is 11.8. The molecule has 0 saturated carbocycles. The second-order valence-electron chi connectivity index (χ2n) is 7.51. The van der Waals surface area contributed by atoms with Gasteiger partial charge in [-0.2, -0.15) is 0 Å². The number of carboxylic acids is 1. The zero-order valence-corrected chi connectivity index (χ0v) is 19.6. The van der Waals surface area contributed by atoms with Crippen LogP contribution in [0, 0.1) is 0 Å². The van der Waals surface area contributed by atoms with Gasteiger partial charge in [0.25, 0.3) is 0 Å². The molecule has 0 saturated heterocycles. The molecule has 7 heteroatoms. The number of nitrogens with zero attached hydrogens (tertiary/aromatic N) is 2. The molecule has 4 aromatic rings. The number of carbonyl (C=O) groups excluding carboxylic acids is 1. The molecular formula is C25H15N4O2Sn+3. The number of aromatic nitrogens is 4. The predicted molar refractivity (Wildman–Crippen MR) is 124 cm³/mol. The molecule has 3 aromatic heterocycles. The number of aromatic amines is 2. The molecule has 0 unspecified atom stereocenters. The van der Waals surface area contributed by atoms with Crippen LogP contribution in [0.2, 0.25) is 0 Å². The second-order valence-corrected chi connectivity index (χ2v) is 7.51. The number of hydrogen-bond donors (Lipinski definition) is 2. The number of hydrogen-bond acceptors (Lipinski definition) is 4. The Morgan fingerprint density at radius 3 is 2.09 bits per heavy atom. The number of nitrogens with one attached hydrogen (secondary N) is 2. The molecule has 2 aliphatic rings. The van der Waals surface area contributed by atoms with Crippen LogP contribution < -0.4 is 5.11 Å². The summed E-state index contributed by atoms with van der Waals surface area (Å²) in [6.45, 7) is 0. The Morgan fingerprint density at radius 1 is 0.719 bits per heavy atom. The topological polar surface area (TPSA) is 97.5 Å². The van der Waals surface area contributed by atoms with Gasteiger partial charge in [0.2, 0.25) is 0 Å². The number of fused-ring (bicyclic) bond motifs is 11. The summed E-state index contributed by atoms with van der Waals surface area (Å²) < 4.78 is 0. The van der Waals surface area contributed by atoms with E-state index >= 15 is 0 Å². The van der Waals surface area contributed by atoms with Crippen LogP contribution in [-0.2, 0) is 0 Å². The van der Waals surface area contributed by atoms with Gasteiger partial charge in [-0.15, -0.1) is 0 Å². The van der Waals surface area contributed by atoms with E-state index in [4.69, 9.17) is 4.98 Å². The van der Waals surface area contributed by atoms with Gasteiger partial charge in [0.05, 0.1) is 28.7 Å². The van der Waals surface area contributed by atoms with E-state index < -0.39 is 5.97 Å². The van der Waals surface area contributed by atoms with E-state index in [2.05, 4.69) is 15.0 Å².